The number of amides is 1. The third kappa shape index (κ3) is 4.62. The van der Waals surface area contributed by atoms with Crippen molar-refractivity contribution in [2.75, 3.05) is 11.9 Å². The first-order valence-electron chi connectivity index (χ1n) is 9.23. The number of aryl methyl sites for hydroxylation is 1. The normalized spacial score (nSPS) is 10.9. The lowest BCUT2D eigenvalue weighted by atomic mass is 10.2. The van der Waals surface area contributed by atoms with E-state index in [9.17, 15) is 19.2 Å². The molecule has 0 unspecified atom stereocenters. The summed E-state index contributed by atoms with van der Waals surface area (Å²) < 4.78 is 6.33. The average Bonchev–Trinajstić information content (AvgIpc) is 3.28. The zero-order chi connectivity index (χ0) is 21.8. The lowest BCUT2D eigenvalue weighted by Crippen LogP contribution is -2.28. The molecule has 0 spiro atoms. The van der Waals surface area contributed by atoms with Crippen LogP contribution in [0.25, 0.3) is 10.2 Å². The number of anilines is 1. The van der Waals surface area contributed by atoms with Crippen LogP contribution in [0.1, 0.15) is 52.4 Å². The zero-order valence-corrected chi connectivity index (χ0v) is 18.3. The minimum atomic E-state index is -0.578. The van der Waals surface area contributed by atoms with Gasteiger partial charge < -0.3 is 10.1 Å². The number of Topliss-reactive ketones (excluding diaryl/α,β-unsaturated/α-hetero) is 1. The van der Waals surface area contributed by atoms with Gasteiger partial charge in [0.05, 0.1) is 34.5 Å². The summed E-state index contributed by atoms with van der Waals surface area (Å²) in [6, 6.07) is 0. The summed E-state index contributed by atoms with van der Waals surface area (Å²) in [4.78, 5) is 58.3. The van der Waals surface area contributed by atoms with Crippen LogP contribution in [-0.4, -0.2) is 38.8 Å². The second-order valence-electron chi connectivity index (χ2n) is 6.53. The molecule has 0 aromatic carbocycles. The molecule has 158 valence electrons. The first-order chi connectivity index (χ1) is 14.3. The number of nitrogens with zero attached hydrogens (tertiary/aromatic N) is 3. The maximum Gasteiger partial charge on any atom is 0.339 e. The third-order valence-electron chi connectivity index (χ3n) is 4.19. The van der Waals surface area contributed by atoms with Gasteiger partial charge in [0.25, 0.3) is 5.56 Å². The highest BCUT2D eigenvalue weighted by atomic mass is 32.1. The van der Waals surface area contributed by atoms with Gasteiger partial charge in [-0.2, -0.15) is 0 Å². The van der Waals surface area contributed by atoms with Gasteiger partial charge in [0.2, 0.25) is 5.91 Å². The molecule has 0 aliphatic heterocycles. The molecule has 1 N–H and O–H groups in total. The van der Waals surface area contributed by atoms with Crippen molar-refractivity contribution in [3.05, 3.63) is 38.2 Å². The molecule has 0 radical (unpaired) electrons. The van der Waals surface area contributed by atoms with Crippen molar-refractivity contribution in [2.45, 2.75) is 40.2 Å². The Bertz CT molecular complexity index is 1180. The van der Waals surface area contributed by atoms with Crippen LogP contribution in [0.5, 0.6) is 0 Å². The molecule has 0 bridgehead atoms. The van der Waals surface area contributed by atoms with Gasteiger partial charge in [-0.15, -0.1) is 11.3 Å². The first-order valence-corrected chi connectivity index (χ1v) is 10.9. The molecule has 3 rings (SSSR count). The molecule has 11 heteroatoms. The third-order valence-corrected chi connectivity index (χ3v) is 6.25. The molecule has 1 amide bonds. The van der Waals surface area contributed by atoms with Gasteiger partial charge in [-0.05, 0) is 13.3 Å². The number of esters is 1. The molecule has 9 nitrogen and oxygen atoms in total. The zero-order valence-electron chi connectivity index (χ0n) is 16.7. The fourth-order valence-electron chi connectivity index (χ4n) is 2.71. The van der Waals surface area contributed by atoms with Crippen LogP contribution in [-0.2, 0) is 16.1 Å². The Morgan fingerprint density at radius 1 is 1.30 bits per heavy atom. The molecular formula is C19H20N4O5S2. The van der Waals surface area contributed by atoms with E-state index in [1.165, 1.54) is 24.6 Å². The van der Waals surface area contributed by atoms with E-state index in [2.05, 4.69) is 15.3 Å². The Labute approximate surface area is 179 Å². The van der Waals surface area contributed by atoms with Crippen LogP contribution in [0.2, 0.25) is 0 Å². The fourth-order valence-corrected chi connectivity index (χ4v) is 4.45. The highest BCUT2D eigenvalue weighted by Crippen LogP contribution is 2.23. The minimum Gasteiger partial charge on any atom is -0.462 e. The quantitative estimate of drug-likeness (QED) is 0.319. The topological polar surface area (TPSA) is 120 Å². The number of unbranched alkanes of at least 4 members (excludes halogenated alkanes) is 1. The Balaban J connectivity index is 1.80. The Hall–Kier alpha value is -2.92. The van der Waals surface area contributed by atoms with Gasteiger partial charge in [0.1, 0.15) is 11.4 Å². The number of ketones is 1. The number of thiophene rings is 1. The number of thiazole rings is 1. The predicted molar refractivity (Wildman–Crippen MR) is 115 cm³/mol. The first kappa shape index (κ1) is 21.8. The summed E-state index contributed by atoms with van der Waals surface area (Å²) in [5, 5.41) is 4.55. The van der Waals surface area contributed by atoms with Gasteiger partial charge in [0, 0.05) is 12.3 Å². The average molecular weight is 449 g/mol. The van der Waals surface area contributed by atoms with Crippen molar-refractivity contribution in [1.29, 1.82) is 0 Å². The Morgan fingerprint density at radius 2 is 2.07 bits per heavy atom. The molecule has 3 aromatic heterocycles. The lowest BCUT2D eigenvalue weighted by Gasteiger charge is -2.06. The number of carbonyl (C=O) groups excluding carboxylic acids is 3. The molecule has 0 saturated carbocycles. The number of aromatic nitrogens is 3. The standard InChI is InChI=1S/C19H20N4O5S2/c1-4-5-6-28-18(27)12-8-29-16-14(12)17(26)23(9-20-16)7-13(25)22-19-21-10(2)15(30-19)11(3)24/h8-9H,4-7H2,1-3H3,(H,21,22,25). The number of ether oxygens (including phenoxy) is 1. The molecular weight excluding hydrogens is 428 g/mol. The molecule has 3 heterocycles. The Kier molecular flexibility index (Phi) is 6.73. The number of carbonyl (C=O) groups is 3. The largest absolute Gasteiger partial charge is 0.462 e. The van der Waals surface area contributed by atoms with Crippen LogP contribution < -0.4 is 10.9 Å². The van der Waals surface area contributed by atoms with Crippen LogP contribution in [0.4, 0.5) is 5.13 Å². The van der Waals surface area contributed by atoms with Crippen LogP contribution >= 0.6 is 22.7 Å². The minimum absolute atomic E-state index is 0.132. The Morgan fingerprint density at radius 3 is 2.73 bits per heavy atom. The number of fused-ring (bicyclic) bond motifs is 1. The second kappa shape index (κ2) is 9.26. The van der Waals surface area contributed by atoms with E-state index in [0.29, 0.717) is 15.4 Å². The van der Waals surface area contributed by atoms with Crippen molar-refractivity contribution in [1.82, 2.24) is 14.5 Å². The molecule has 0 atom stereocenters. The maximum absolute atomic E-state index is 12.9. The van der Waals surface area contributed by atoms with E-state index in [0.717, 1.165) is 28.7 Å². The molecule has 0 saturated heterocycles. The smallest absolute Gasteiger partial charge is 0.339 e. The molecule has 0 aliphatic carbocycles. The van der Waals surface area contributed by atoms with E-state index < -0.39 is 17.4 Å². The van der Waals surface area contributed by atoms with Crippen LogP contribution in [0.3, 0.4) is 0 Å². The van der Waals surface area contributed by atoms with E-state index in [1.54, 1.807) is 12.3 Å². The van der Waals surface area contributed by atoms with Gasteiger partial charge in [-0.3, -0.25) is 19.0 Å². The van der Waals surface area contributed by atoms with Crippen LogP contribution in [0, 0.1) is 6.92 Å². The number of hydrogen-bond acceptors (Lipinski definition) is 9. The second-order valence-corrected chi connectivity index (χ2v) is 8.39. The van der Waals surface area contributed by atoms with Gasteiger partial charge in [-0.25, -0.2) is 14.8 Å². The van der Waals surface area contributed by atoms with Gasteiger partial charge in [0.15, 0.2) is 10.9 Å². The number of hydrogen-bond donors (Lipinski definition) is 1. The van der Waals surface area contributed by atoms with Crippen molar-refractivity contribution in [2.24, 2.45) is 0 Å². The summed E-state index contributed by atoms with van der Waals surface area (Å²) >= 11 is 2.24. The summed E-state index contributed by atoms with van der Waals surface area (Å²) in [6.45, 7) is 5.06. The van der Waals surface area contributed by atoms with Crippen molar-refractivity contribution < 1.29 is 19.1 Å². The molecule has 3 aromatic rings. The van der Waals surface area contributed by atoms with Gasteiger partial charge in [-0.1, -0.05) is 24.7 Å². The SMILES string of the molecule is CCCCOC(=O)c1csc2ncn(CC(=O)Nc3nc(C)c(C(C)=O)s3)c(=O)c12. The molecule has 30 heavy (non-hydrogen) atoms. The van der Waals surface area contributed by atoms with Crippen molar-refractivity contribution in [3.8, 4) is 0 Å². The van der Waals surface area contributed by atoms with E-state index >= 15 is 0 Å². The number of rotatable bonds is 8. The van der Waals surface area contributed by atoms with Gasteiger partial charge >= 0.3 is 5.97 Å². The molecule has 0 aliphatic rings. The van der Waals surface area contributed by atoms with Crippen LogP contribution in [0.15, 0.2) is 16.5 Å². The number of nitrogens with one attached hydrogen (secondary N) is 1. The fraction of sp³-hybridized carbons (Fsp3) is 0.368. The monoisotopic (exact) mass is 448 g/mol. The summed E-state index contributed by atoms with van der Waals surface area (Å²) in [7, 11) is 0. The molecule has 0 fully saturated rings. The lowest BCUT2D eigenvalue weighted by molar-refractivity contribution is -0.116. The summed E-state index contributed by atoms with van der Waals surface area (Å²) in [5.74, 6) is -1.21. The highest BCUT2D eigenvalue weighted by Gasteiger charge is 2.20. The van der Waals surface area contributed by atoms with E-state index in [4.69, 9.17) is 4.74 Å². The van der Waals surface area contributed by atoms with E-state index in [-0.39, 0.29) is 35.0 Å². The summed E-state index contributed by atoms with van der Waals surface area (Å²) in [6.07, 6.45) is 2.88. The predicted octanol–water partition coefficient (Wildman–Crippen LogP) is 3.02. The highest BCUT2D eigenvalue weighted by molar-refractivity contribution is 7.17. The van der Waals surface area contributed by atoms with E-state index in [1.807, 2.05) is 6.92 Å². The maximum atomic E-state index is 12.9. The van der Waals surface area contributed by atoms with Crippen molar-refractivity contribution >= 4 is 55.7 Å². The van der Waals surface area contributed by atoms with Crippen molar-refractivity contribution in [3.63, 3.8) is 0 Å². The summed E-state index contributed by atoms with van der Waals surface area (Å²) in [5.41, 5.74) is 0.186.